The third kappa shape index (κ3) is 6.19. The summed E-state index contributed by atoms with van der Waals surface area (Å²) in [5.41, 5.74) is 0.644. The summed E-state index contributed by atoms with van der Waals surface area (Å²) in [5, 5.41) is 3.19. The van der Waals surface area contributed by atoms with Crippen LogP contribution < -0.4 is 5.32 Å². The molecule has 3 rings (SSSR count). The number of hydrogen-bond acceptors (Lipinski definition) is 2. The van der Waals surface area contributed by atoms with Gasteiger partial charge in [0.1, 0.15) is 17.7 Å². The number of nitrogens with zero attached hydrogens (tertiary/aromatic N) is 1. The van der Waals surface area contributed by atoms with Crippen LogP contribution in [-0.2, 0) is 9.59 Å². The lowest BCUT2D eigenvalue weighted by Crippen LogP contribution is -2.51. The smallest absolute Gasteiger partial charge is 0.247 e. The number of rotatable bonds is 6. The van der Waals surface area contributed by atoms with Gasteiger partial charge in [0.25, 0.3) is 0 Å². The highest BCUT2D eigenvalue weighted by atomic mass is 35.5. The average Bonchev–Trinajstić information content (AvgIpc) is 2.73. The van der Waals surface area contributed by atoms with Gasteiger partial charge < -0.3 is 10.2 Å². The molecule has 2 aliphatic rings. The van der Waals surface area contributed by atoms with Crippen LogP contribution >= 0.6 is 11.6 Å². The summed E-state index contributed by atoms with van der Waals surface area (Å²) >= 11 is 6.01. The Hall–Kier alpha value is -1.62. The third-order valence-electron chi connectivity index (χ3n) is 6.53. The lowest BCUT2D eigenvalue weighted by molar-refractivity contribution is -0.142. The number of amides is 2. The van der Waals surface area contributed by atoms with Crippen molar-refractivity contribution in [3.05, 3.63) is 35.6 Å². The van der Waals surface area contributed by atoms with Crippen LogP contribution in [0.3, 0.4) is 0 Å². The molecule has 0 aromatic heterocycles. The molecule has 0 bridgehead atoms. The molecule has 0 saturated heterocycles. The van der Waals surface area contributed by atoms with Crippen molar-refractivity contribution in [2.45, 2.75) is 95.2 Å². The van der Waals surface area contributed by atoms with Crippen LogP contribution in [0.5, 0.6) is 0 Å². The highest BCUT2D eigenvalue weighted by Crippen LogP contribution is 2.31. The topological polar surface area (TPSA) is 49.4 Å². The number of carbonyl (C=O) groups excluding carboxylic acids is 2. The minimum atomic E-state index is -0.775. The molecule has 30 heavy (non-hydrogen) atoms. The molecule has 0 spiro atoms. The van der Waals surface area contributed by atoms with E-state index < -0.39 is 6.04 Å². The van der Waals surface area contributed by atoms with Crippen LogP contribution in [0.15, 0.2) is 24.3 Å². The van der Waals surface area contributed by atoms with Gasteiger partial charge >= 0.3 is 0 Å². The van der Waals surface area contributed by atoms with Gasteiger partial charge in [0, 0.05) is 12.1 Å². The third-order valence-corrected chi connectivity index (χ3v) is 6.76. The Morgan fingerprint density at radius 2 is 1.47 bits per heavy atom. The highest BCUT2D eigenvalue weighted by Gasteiger charge is 2.36. The van der Waals surface area contributed by atoms with Gasteiger partial charge in [-0.15, -0.1) is 11.6 Å². The second kappa shape index (κ2) is 11.7. The van der Waals surface area contributed by atoms with Crippen LogP contribution in [0.25, 0.3) is 0 Å². The van der Waals surface area contributed by atoms with Gasteiger partial charge in [0.2, 0.25) is 11.8 Å². The molecule has 2 aliphatic carbocycles. The lowest BCUT2D eigenvalue weighted by atomic mass is 9.92. The second-order valence-corrected chi connectivity index (χ2v) is 9.00. The number of halogens is 2. The van der Waals surface area contributed by atoms with Crippen molar-refractivity contribution in [1.82, 2.24) is 10.2 Å². The maximum atomic E-state index is 13.6. The molecule has 1 unspecified atom stereocenters. The summed E-state index contributed by atoms with van der Waals surface area (Å²) in [7, 11) is 0. The fourth-order valence-corrected chi connectivity index (χ4v) is 5.09. The molecule has 0 heterocycles. The van der Waals surface area contributed by atoms with Gasteiger partial charge in [0.15, 0.2) is 0 Å². The number of benzene rings is 1. The van der Waals surface area contributed by atoms with Gasteiger partial charge in [-0.25, -0.2) is 4.39 Å². The van der Waals surface area contributed by atoms with Gasteiger partial charge in [0.05, 0.1) is 0 Å². The number of hydrogen-bond donors (Lipinski definition) is 1. The molecule has 2 saturated carbocycles. The maximum absolute atomic E-state index is 13.6. The molecule has 166 valence electrons. The Morgan fingerprint density at radius 1 is 0.933 bits per heavy atom. The van der Waals surface area contributed by atoms with E-state index in [0.717, 1.165) is 64.2 Å². The zero-order chi connectivity index (χ0) is 21.3. The largest absolute Gasteiger partial charge is 0.351 e. The summed E-state index contributed by atoms with van der Waals surface area (Å²) in [4.78, 5) is 28.3. The molecule has 4 nitrogen and oxygen atoms in total. The summed E-state index contributed by atoms with van der Waals surface area (Å²) in [6.07, 6.45) is 12.7. The molecule has 1 aromatic carbocycles. The van der Waals surface area contributed by atoms with Gasteiger partial charge in [-0.2, -0.15) is 0 Å². The zero-order valence-electron chi connectivity index (χ0n) is 17.8. The molecule has 2 amide bonds. The van der Waals surface area contributed by atoms with Crippen LogP contribution in [0.1, 0.15) is 88.7 Å². The summed E-state index contributed by atoms with van der Waals surface area (Å²) in [6.45, 7) is 0. The van der Waals surface area contributed by atoms with E-state index in [1.807, 2.05) is 0 Å². The van der Waals surface area contributed by atoms with Crippen LogP contribution in [0.2, 0.25) is 0 Å². The quantitative estimate of drug-likeness (QED) is 0.599. The molecule has 0 radical (unpaired) electrons. The van der Waals surface area contributed by atoms with Gasteiger partial charge in [-0.05, 0) is 43.4 Å². The van der Waals surface area contributed by atoms with E-state index >= 15 is 0 Å². The Labute approximate surface area is 184 Å². The fourth-order valence-electron chi connectivity index (χ4n) is 4.95. The first kappa shape index (κ1) is 23.1. The zero-order valence-corrected chi connectivity index (χ0v) is 18.5. The first-order valence-electron chi connectivity index (χ1n) is 11.5. The van der Waals surface area contributed by atoms with Crippen molar-refractivity contribution >= 4 is 23.4 Å². The maximum Gasteiger partial charge on any atom is 0.247 e. The van der Waals surface area contributed by atoms with Crippen molar-refractivity contribution < 1.29 is 14.0 Å². The molecular weight excluding hydrogens is 403 g/mol. The molecule has 1 N–H and O–H groups in total. The minimum Gasteiger partial charge on any atom is -0.351 e. The second-order valence-electron chi connectivity index (χ2n) is 8.73. The number of nitrogens with one attached hydrogen (secondary N) is 1. The predicted molar refractivity (Wildman–Crippen MR) is 118 cm³/mol. The number of carbonyl (C=O) groups is 2. The molecule has 2 fully saturated rings. The first-order valence-corrected chi connectivity index (χ1v) is 12.1. The number of alkyl halides is 1. The summed E-state index contributed by atoms with van der Waals surface area (Å²) in [5.74, 6) is -0.916. The van der Waals surface area contributed by atoms with E-state index in [2.05, 4.69) is 5.32 Å². The molecule has 0 aliphatic heterocycles. The van der Waals surface area contributed by atoms with E-state index in [1.54, 1.807) is 17.0 Å². The normalized spacial score (nSPS) is 20.1. The van der Waals surface area contributed by atoms with Crippen molar-refractivity contribution in [1.29, 1.82) is 0 Å². The van der Waals surface area contributed by atoms with Crippen molar-refractivity contribution in [3.63, 3.8) is 0 Å². The molecule has 1 aromatic rings. The summed E-state index contributed by atoms with van der Waals surface area (Å²) < 4.78 is 13.6. The average molecular weight is 437 g/mol. The molecular formula is C24H34ClFN2O2. The summed E-state index contributed by atoms with van der Waals surface area (Å²) in [6, 6.07) is 5.30. The molecule has 1 atom stereocenters. The van der Waals surface area contributed by atoms with Gasteiger partial charge in [-0.3, -0.25) is 9.59 Å². The van der Waals surface area contributed by atoms with E-state index in [1.165, 1.54) is 25.0 Å². The lowest BCUT2D eigenvalue weighted by Gasteiger charge is -2.39. The standard InChI is InChI=1S/C24H34ClFN2O2/c25-17-22(29)28(21-11-7-2-1-3-8-12-21)23(18-13-15-19(26)16-14-18)24(30)27-20-9-5-4-6-10-20/h13-16,20-21,23H,1-12,17H2,(H,27,30). The predicted octanol–water partition coefficient (Wildman–Crippen LogP) is 5.50. The highest BCUT2D eigenvalue weighted by molar-refractivity contribution is 6.27. The Bertz CT molecular complexity index is 683. The van der Waals surface area contributed by atoms with Crippen LogP contribution in [0.4, 0.5) is 4.39 Å². The van der Waals surface area contributed by atoms with Crippen LogP contribution in [-0.4, -0.2) is 34.7 Å². The SMILES string of the molecule is O=C(NC1CCCCC1)C(c1ccc(F)cc1)N(C(=O)CCl)C1CCCCCCC1. The van der Waals surface area contributed by atoms with Crippen LogP contribution in [0, 0.1) is 5.82 Å². The van der Waals surface area contributed by atoms with Crippen molar-refractivity contribution in [2.24, 2.45) is 0 Å². The minimum absolute atomic E-state index is 0.0243. The molecule has 6 heteroatoms. The monoisotopic (exact) mass is 436 g/mol. The Balaban J connectivity index is 1.91. The van der Waals surface area contributed by atoms with Crippen molar-refractivity contribution in [2.75, 3.05) is 5.88 Å². The van der Waals surface area contributed by atoms with E-state index in [4.69, 9.17) is 11.6 Å². The van der Waals surface area contributed by atoms with E-state index in [0.29, 0.717) is 5.56 Å². The van der Waals surface area contributed by atoms with E-state index in [-0.39, 0.29) is 35.6 Å². The van der Waals surface area contributed by atoms with E-state index in [9.17, 15) is 14.0 Å². The Kier molecular flexibility index (Phi) is 8.98. The fraction of sp³-hybridized carbons (Fsp3) is 0.667. The van der Waals surface area contributed by atoms with Crippen molar-refractivity contribution in [3.8, 4) is 0 Å². The van der Waals surface area contributed by atoms with Gasteiger partial charge in [-0.1, -0.05) is 63.5 Å². The Morgan fingerprint density at radius 3 is 2.07 bits per heavy atom. The first-order chi connectivity index (χ1) is 14.6.